The van der Waals surface area contributed by atoms with E-state index in [1.165, 1.54) is 12.1 Å². The van der Waals surface area contributed by atoms with E-state index in [9.17, 15) is 14.0 Å². The minimum atomic E-state index is -0.356. The lowest BCUT2D eigenvalue weighted by molar-refractivity contribution is -0.118. The number of piperazine rings is 1. The summed E-state index contributed by atoms with van der Waals surface area (Å²) < 4.78 is 13.9. The second-order valence-electron chi connectivity index (χ2n) is 9.43. The molecule has 0 saturated carbocycles. The summed E-state index contributed by atoms with van der Waals surface area (Å²) in [5.74, 6) is -0.284. The summed E-state index contributed by atoms with van der Waals surface area (Å²) in [6.45, 7) is 5.74. The number of halogens is 1. The first kappa shape index (κ1) is 25.6. The number of likely N-dealkylation sites (N-methyl/N-ethyl adjacent to an activating group) is 1. The third-order valence-corrected chi connectivity index (χ3v) is 6.72. The predicted molar refractivity (Wildman–Crippen MR) is 142 cm³/mol. The van der Waals surface area contributed by atoms with Crippen LogP contribution >= 0.6 is 0 Å². The predicted octanol–water partition coefficient (Wildman–Crippen LogP) is 5.60. The molecule has 188 valence electrons. The number of amides is 2. The van der Waals surface area contributed by atoms with Gasteiger partial charge in [0.2, 0.25) is 5.91 Å². The number of rotatable bonds is 8. The highest BCUT2D eigenvalue weighted by Gasteiger charge is 2.20. The van der Waals surface area contributed by atoms with Gasteiger partial charge >= 0.3 is 0 Å². The average Bonchev–Trinajstić information content (AvgIpc) is 2.91. The Hall–Kier alpha value is -3.51. The highest BCUT2D eigenvalue weighted by molar-refractivity contribution is 5.95. The van der Waals surface area contributed by atoms with Crippen LogP contribution in [0.3, 0.4) is 0 Å². The van der Waals surface area contributed by atoms with Gasteiger partial charge in [-0.15, -0.1) is 0 Å². The zero-order chi connectivity index (χ0) is 25.5. The van der Waals surface area contributed by atoms with Gasteiger partial charge in [-0.2, -0.15) is 0 Å². The molecule has 5 nitrogen and oxygen atoms in total. The molecule has 0 N–H and O–H groups in total. The summed E-state index contributed by atoms with van der Waals surface area (Å²) in [6, 6.07) is 22.0. The molecule has 2 amide bonds. The van der Waals surface area contributed by atoms with Crippen LogP contribution in [0.5, 0.6) is 0 Å². The smallest absolute Gasteiger partial charge is 0.253 e. The van der Waals surface area contributed by atoms with Crippen molar-refractivity contribution in [3.05, 3.63) is 89.7 Å². The Kier molecular flexibility index (Phi) is 8.49. The highest BCUT2D eigenvalue weighted by atomic mass is 19.1. The van der Waals surface area contributed by atoms with Crippen LogP contribution in [0, 0.1) is 5.82 Å². The van der Waals surface area contributed by atoms with Gasteiger partial charge in [-0.25, -0.2) is 4.39 Å². The summed E-state index contributed by atoms with van der Waals surface area (Å²) in [5.41, 5.74) is 4.30. The third kappa shape index (κ3) is 6.38. The Morgan fingerprint density at radius 3 is 2.14 bits per heavy atom. The molecule has 0 bridgehead atoms. The topological polar surface area (TPSA) is 43.9 Å². The van der Waals surface area contributed by atoms with Crippen LogP contribution in [0.2, 0.25) is 0 Å². The minimum Gasteiger partial charge on any atom is -0.336 e. The van der Waals surface area contributed by atoms with Gasteiger partial charge in [0.25, 0.3) is 5.91 Å². The van der Waals surface area contributed by atoms with Crippen molar-refractivity contribution in [3.63, 3.8) is 0 Å². The van der Waals surface area contributed by atoms with E-state index in [1.807, 2.05) is 60.4 Å². The molecule has 1 fully saturated rings. The van der Waals surface area contributed by atoms with E-state index in [0.29, 0.717) is 24.2 Å². The largest absolute Gasteiger partial charge is 0.336 e. The average molecular weight is 488 g/mol. The molecule has 6 heteroatoms. The standard InChI is InChI=1S/C30H34FN3O2/c1-3-4-8-29(35)34(28-7-5-6-27(31)21-28)22-23-9-11-24(12-10-23)25-13-15-26(16-14-25)30(36)33-19-17-32(2)18-20-33/h5-7,9-16,21H,3-4,8,17-20,22H2,1-2H3. The van der Waals surface area contributed by atoms with Gasteiger partial charge in [0.15, 0.2) is 0 Å². The van der Waals surface area contributed by atoms with Crippen molar-refractivity contribution in [2.24, 2.45) is 0 Å². The first-order valence-corrected chi connectivity index (χ1v) is 12.7. The molecule has 0 atom stereocenters. The van der Waals surface area contributed by atoms with Gasteiger partial charge in [-0.05, 0) is 60.5 Å². The molecule has 1 aliphatic rings. The van der Waals surface area contributed by atoms with E-state index in [-0.39, 0.29) is 17.6 Å². The third-order valence-electron chi connectivity index (χ3n) is 6.72. The van der Waals surface area contributed by atoms with Crippen molar-refractivity contribution in [3.8, 4) is 11.1 Å². The van der Waals surface area contributed by atoms with Gasteiger partial charge in [0.05, 0.1) is 6.54 Å². The van der Waals surface area contributed by atoms with Crippen molar-refractivity contribution < 1.29 is 14.0 Å². The summed E-state index contributed by atoms with van der Waals surface area (Å²) in [6.07, 6.45) is 2.17. The monoisotopic (exact) mass is 487 g/mol. The molecular formula is C30H34FN3O2. The number of carbonyl (C=O) groups excluding carboxylic acids is 2. The molecule has 3 aromatic carbocycles. The summed E-state index contributed by atoms with van der Waals surface area (Å²) in [5, 5.41) is 0. The van der Waals surface area contributed by atoms with Crippen molar-refractivity contribution in [1.29, 1.82) is 0 Å². The number of anilines is 1. The zero-order valence-electron chi connectivity index (χ0n) is 21.1. The fraction of sp³-hybridized carbons (Fsp3) is 0.333. The minimum absolute atomic E-state index is 0.00728. The molecule has 0 aliphatic carbocycles. The lowest BCUT2D eigenvalue weighted by Crippen LogP contribution is -2.47. The molecule has 0 aromatic heterocycles. The van der Waals surface area contributed by atoms with Gasteiger partial charge in [0.1, 0.15) is 5.82 Å². The number of hydrogen-bond acceptors (Lipinski definition) is 3. The van der Waals surface area contributed by atoms with Crippen LogP contribution in [0.4, 0.5) is 10.1 Å². The van der Waals surface area contributed by atoms with E-state index in [2.05, 4.69) is 11.9 Å². The molecule has 1 aliphatic heterocycles. The van der Waals surface area contributed by atoms with Gasteiger partial charge in [0, 0.05) is 43.9 Å². The van der Waals surface area contributed by atoms with Crippen LogP contribution in [0.15, 0.2) is 72.8 Å². The van der Waals surface area contributed by atoms with E-state index in [4.69, 9.17) is 0 Å². The number of carbonyl (C=O) groups is 2. The van der Waals surface area contributed by atoms with E-state index >= 15 is 0 Å². The van der Waals surface area contributed by atoms with Crippen LogP contribution in [-0.4, -0.2) is 54.8 Å². The maximum Gasteiger partial charge on any atom is 0.253 e. The lowest BCUT2D eigenvalue weighted by atomic mass is 10.0. The van der Waals surface area contributed by atoms with Crippen molar-refractivity contribution in [2.75, 3.05) is 38.1 Å². The highest BCUT2D eigenvalue weighted by Crippen LogP contribution is 2.24. The second-order valence-corrected chi connectivity index (χ2v) is 9.43. The fourth-order valence-electron chi connectivity index (χ4n) is 4.41. The summed E-state index contributed by atoms with van der Waals surface area (Å²) >= 11 is 0. The lowest BCUT2D eigenvalue weighted by Gasteiger charge is -2.32. The fourth-order valence-corrected chi connectivity index (χ4v) is 4.41. The number of hydrogen-bond donors (Lipinski definition) is 0. The normalized spacial score (nSPS) is 14.0. The molecule has 0 unspecified atom stereocenters. The summed E-state index contributed by atoms with van der Waals surface area (Å²) in [4.78, 5) is 31.5. The Labute approximate surface area is 213 Å². The second kappa shape index (κ2) is 12.0. The Bertz CT molecular complexity index is 1170. The van der Waals surface area contributed by atoms with Gasteiger partial charge in [-0.1, -0.05) is 55.8 Å². The molecule has 4 rings (SSSR count). The Balaban J connectivity index is 1.45. The summed E-state index contributed by atoms with van der Waals surface area (Å²) in [7, 11) is 2.07. The van der Waals surface area contributed by atoms with E-state index in [1.54, 1.807) is 17.0 Å². The molecule has 1 saturated heterocycles. The van der Waals surface area contributed by atoms with E-state index in [0.717, 1.165) is 55.7 Å². The molecule has 0 radical (unpaired) electrons. The molecule has 1 heterocycles. The quantitative estimate of drug-likeness (QED) is 0.415. The maximum atomic E-state index is 13.9. The van der Waals surface area contributed by atoms with Crippen molar-refractivity contribution in [1.82, 2.24) is 9.80 Å². The number of nitrogens with zero attached hydrogens (tertiary/aromatic N) is 3. The van der Waals surface area contributed by atoms with Crippen LogP contribution in [-0.2, 0) is 11.3 Å². The Morgan fingerprint density at radius 1 is 0.889 bits per heavy atom. The van der Waals surface area contributed by atoms with Crippen molar-refractivity contribution in [2.45, 2.75) is 32.7 Å². The first-order valence-electron chi connectivity index (χ1n) is 12.7. The Morgan fingerprint density at radius 2 is 1.53 bits per heavy atom. The van der Waals surface area contributed by atoms with Crippen molar-refractivity contribution >= 4 is 17.5 Å². The van der Waals surface area contributed by atoms with Crippen LogP contribution in [0.25, 0.3) is 11.1 Å². The van der Waals surface area contributed by atoms with Crippen LogP contribution in [0.1, 0.15) is 42.1 Å². The maximum absolute atomic E-state index is 13.9. The number of benzene rings is 3. The SMILES string of the molecule is CCCCC(=O)N(Cc1ccc(-c2ccc(C(=O)N3CCN(C)CC3)cc2)cc1)c1cccc(F)c1. The molecule has 36 heavy (non-hydrogen) atoms. The van der Waals surface area contributed by atoms with Gasteiger partial charge in [-0.3, -0.25) is 9.59 Å². The molecule has 0 spiro atoms. The zero-order valence-corrected chi connectivity index (χ0v) is 21.1. The first-order chi connectivity index (χ1) is 17.4. The van der Waals surface area contributed by atoms with Crippen LogP contribution < -0.4 is 4.90 Å². The number of unbranched alkanes of at least 4 members (excludes halogenated alkanes) is 1. The van der Waals surface area contributed by atoms with Gasteiger partial charge < -0.3 is 14.7 Å². The molecule has 3 aromatic rings. The molecular weight excluding hydrogens is 453 g/mol. The van der Waals surface area contributed by atoms with E-state index < -0.39 is 0 Å².